The third kappa shape index (κ3) is 5.39. The van der Waals surface area contributed by atoms with Crippen LogP contribution in [-0.4, -0.2) is 32.2 Å². The fourth-order valence-electron chi connectivity index (χ4n) is 2.70. The minimum absolute atomic E-state index is 0.0463. The summed E-state index contributed by atoms with van der Waals surface area (Å²) in [5, 5.41) is 11.7. The van der Waals surface area contributed by atoms with E-state index in [-0.39, 0.29) is 23.4 Å². The molecule has 2 rings (SSSR count). The molecule has 7 heteroatoms. The lowest BCUT2D eigenvalue weighted by Gasteiger charge is -2.21. The van der Waals surface area contributed by atoms with Crippen LogP contribution in [0, 0.1) is 11.3 Å². The summed E-state index contributed by atoms with van der Waals surface area (Å²) in [6, 6.07) is 17.0. The Morgan fingerprint density at radius 2 is 1.78 bits per heavy atom. The average Bonchev–Trinajstić information content (AvgIpc) is 2.68. The van der Waals surface area contributed by atoms with Crippen molar-refractivity contribution in [1.82, 2.24) is 9.62 Å². The summed E-state index contributed by atoms with van der Waals surface area (Å²) >= 11 is 0. The van der Waals surface area contributed by atoms with Gasteiger partial charge in [0.25, 0.3) is 0 Å². The van der Waals surface area contributed by atoms with E-state index in [1.807, 2.05) is 43.3 Å². The molecule has 1 N–H and O–H groups in total. The molecule has 6 nitrogen and oxygen atoms in total. The van der Waals surface area contributed by atoms with Gasteiger partial charge in [-0.2, -0.15) is 9.57 Å². The van der Waals surface area contributed by atoms with Crippen LogP contribution < -0.4 is 5.32 Å². The summed E-state index contributed by atoms with van der Waals surface area (Å²) in [6.07, 6.45) is 1.65. The third-order valence-electron chi connectivity index (χ3n) is 4.17. The van der Waals surface area contributed by atoms with Crippen LogP contribution in [-0.2, 0) is 14.8 Å². The van der Waals surface area contributed by atoms with Crippen LogP contribution in [0.15, 0.2) is 59.5 Å². The molecule has 1 amide bonds. The molecule has 0 saturated carbocycles. The topological polar surface area (TPSA) is 90.3 Å². The Labute approximate surface area is 160 Å². The normalized spacial score (nSPS) is 12.4. The minimum atomic E-state index is -3.81. The molecule has 0 aliphatic carbocycles. The maximum atomic E-state index is 12.6. The predicted molar refractivity (Wildman–Crippen MR) is 103 cm³/mol. The Morgan fingerprint density at radius 1 is 1.15 bits per heavy atom. The number of benzene rings is 2. The number of amides is 1. The summed E-state index contributed by atoms with van der Waals surface area (Å²) in [6.45, 7) is 1.75. The predicted octanol–water partition coefficient (Wildman–Crippen LogP) is 2.84. The van der Waals surface area contributed by atoms with E-state index in [1.54, 1.807) is 0 Å². The highest BCUT2D eigenvalue weighted by molar-refractivity contribution is 7.89. The Kier molecular flexibility index (Phi) is 7.11. The smallest absolute Gasteiger partial charge is 0.243 e. The third-order valence-corrected chi connectivity index (χ3v) is 5.99. The standard InChI is InChI=1S/C20H23N3O3S/c1-3-7-19(17-8-5-4-6-9-17)22-20(24)15-23(2)27(25,26)18-12-10-16(14-21)11-13-18/h4-6,8-13,19H,3,7,15H2,1-2H3,(H,22,24). The molecule has 0 spiro atoms. The van der Waals surface area contributed by atoms with E-state index in [1.165, 1.54) is 31.3 Å². The highest BCUT2D eigenvalue weighted by atomic mass is 32.2. The number of rotatable bonds is 8. The van der Waals surface area contributed by atoms with Gasteiger partial charge in [-0.05, 0) is 36.2 Å². The Bertz CT molecular complexity index is 904. The number of hydrogen-bond acceptors (Lipinski definition) is 4. The van der Waals surface area contributed by atoms with E-state index in [0.29, 0.717) is 5.56 Å². The highest BCUT2D eigenvalue weighted by Gasteiger charge is 2.24. The summed E-state index contributed by atoms with van der Waals surface area (Å²) in [4.78, 5) is 12.5. The number of hydrogen-bond donors (Lipinski definition) is 1. The van der Waals surface area contributed by atoms with Gasteiger partial charge in [-0.15, -0.1) is 0 Å². The van der Waals surface area contributed by atoms with E-state index >= 15 is 0 Å². The lowest BCUT2D eigenvalue weighted by atomic mass is 10.0. The van der Waals surface area contributed by atoms with Crippen molar-refractivity contribution in [3.05, 3.63) is 65.7 Å². The molecule has 0 fully saturated rings. The first-order chi connectivity index (χ1) is 12.9. The fraction of sp³-hybridized carbons (Fsp3) is 0.300. The van der Waals surface area contributed by atoms with Gasteiger partial charge >= 0.3 is 0 Å². The molecular weight excluding hydrogens is 362 g/mol. The van der Waals surface area contributed by atoms with E-state index in [0.717, 1.165) is 22.7 Å². The van der Waals surface area contributed by atoms with Gasteiger partial charge in [0.2, 0.25) is 15.9 Å². The Hall–Kier alpha value is -2.69. The van der Waals surface area contributed by atoms with Crippen molar-refractivity contribution in [2.45, 2.75) is 30.7 Å². The van der Waals surface area contributed by atoms with Crippen LogP contribution in [0.2, 0.25) is 0 Å². The molecule has 2 aromatic rings. The SMILES string of the molecule is CCCC(NC(=O)CN(C)S(=O)(=O)c1ccc(C#N)cc1)c1ccccc1. The minimum Gasteiger partial charge on any atom is -0.348 e. The van der Waals surface area contributed by atoms with Crippen molar-refractivity contribution in [3.8, 4) is 6.07 Å². The number of likely N-dealkylation sites (N-methyl/N-ethyl adjacent to an activating group) is 1. The second kappa shape index (κ2) is 9.31. The maximum Gasteiger partial charge on any atom is 0.243 e. The zero-order valence-corrected chi connectivity index (χ0v) is 16.2. The fourth-order valence-corrected chi connectivity index (χ4v) is 3.83. The molecule has 1 unspecified atom stereocenters. The lowest BCUT2D eigenvalue weighted by Crippen LogP contribution is -2.39. The molecule has 0 aromatic heterocycles. The second-order valence-corrected chi connectivity index (χ2v) is 8.26. The monoisotopic (exact) mass is 385 g/mol. The van der Waals surface area contributed by atoms with E-state index < -0.39 is 10.0 Å². The van der Waals surface area contributed by atoms with Crippen LogP contribution in [0.1, 0.15) is 36.9 Å². The van der Waals surface area contributed by atoms with Gasteiger partial charge in [0.05, 0.1) is 29.1 Å². The molecule has 0 heterocycles. The van der Waals surface area contributed by atoms with Crippen molar-refractivity contribution >= 4 is 15.9 Å². The van der Waals surface area contributed by atoms with Gasteiger partial charge in [-0.3, -0.25) is 4.79 Å². The number of carbonyl (C=O) groups is 1. The summed E-state index contributed by atoms with van der Waals surface area (Å²) in [5.41, 5.74) is 1.37. The van der Waals surface area contributed by atoms with Crippen LogP contribution >= 0.6 is 0 Å². The number of sulfonamides is 1. The average molecular weight is 385 g/mol. The van der Waals surface area contributed by atoms with Crippen molar-refractivity contribution in [3.63, 3.8) is 0 Å². The van der Waals surface area contributed by atoms with Gasteiger partial charge in [0.1, 0.15) is 0 Å². The van der Waals surface area contributed by atoms with Gasteiger partial charge in [-0.1, -0.05) is 43.7 Å². The molecule has 0 aliphatic heterocycles. The quantitative estimate of drug-likeness (QED) is 0.756. The largest absolute Gasteiger partial charge is 0.348 e. The molecule has 1 atom stereocenters. The van der Waals surface area contributed by atoms with Crippen LogP contribution in [0.25, 0.3) is 0 Å². The number of nitriles is 1. The maximum absolute atomic E-state index is 12.6. The van der Waals surface area contributed by atoms with E-state index in [2.05, 4.69) is 5.32 Å². The first kappa shape index (κ1) is 20.6. The summed E-state index contributed by atoms with van der Waals surface area (Å²) in [5.74, 6) is -0.364. The number of nitrogens with one attached hydrogen (secondary N) is 1. The first-order valence-electron chi connectivity index (χ1n) is 8.69. The van der Waals surface area contributed by atoms with E-state index in [4.69, 9.17) is 5.26 Å². The number of carbonyl (C=O) groups excluding carboxylic acids is 1. The van der Waals surface area contributed by atoms with Crippen LogP contribution in [0.5, 0.6) is 0 Å². The zero-order chi connectivity index (χ0) is 19.9. The molecule has 27 heavy (non-hydrogen) atoms. The van der Waals surface area contributed by atoms with Gasteiger partial charge in [0, 0.05) is 7.05 Å². The molecule has 0 saturated heterocycles. The molecule has 0 aliphatic rings. The summed E-state index contributed by atoms with van der Waals surface area (Å²) in [7, 11) is -2.44. The highest BCUT2D eigenvalue weighted by Crippen LogP contribution is 2.19. The Morgan fingerprint density at radius 3 is 2.33 bits per heavy atom. The summed E-state index contributed by atoms with van der Waals surface area (Å²) < 4.78 is 26.2. The molecule has 2 aromatic carbocycles. The first-order valence-corrected chi connectivity index (χ1v) is 10.1. The van der Waals surface area contributed by atoms with Gasteiger partial charge < -0.3 is 5.32 Å². The zero-order valence-electron chi connectivity index (χ0n) is 15.4. The van der Waals surface area contributed by atoms with Crippen molar-refractivity contribution in [2.24, 2.45) is 0 Å². The van der Waals surface area contributed by atoms with Crippen LogP contribution in [0.3, 0.4) is 0 Å². The lowest BCUT2D eigenvalue weighted by molar-refractivity contribution is -0.121. The van der Waals surface area contributed by atoms with Crippen molar-refractivity contribution in [2.75, 3.05) is 13.6 Å². The Balaban J connectivity index is 2.07. The molecule has 0 bridgehead atoms. The molecule has 0 radical (unpaired) electrons. The van der Waals surface area contributed by atoms with Crippen molar-refractivity contribution in [1.29, 1.82) is 5.26 Å². The van der Waals surface area contributed by atoms with E-state index in [9.17, 15) is 13.2 Å². The van der Waals surface area contributed by atoms with Crippen molar-refractivity contribution < 1.29 is 13.2 Å². The molecular formula is C20H23N3O3S. The molecule has 142 valence electrons. The van der Waals surface area contributed by atoms with Gasteiger partial charge in [0.15, 0.2) is 0 Å². The van der Waals surface area contributed by atoms with Gasteiger partial charge in [-0.25, -0.2) is 8.42 Å². The van der Waals surface area contributed by atoms with Crippen LogP contribution in [0.4, 0.5) is 0 Å². The second-order valence-electron chi connectivity index (χ2n) is 6.22. The number of nitrogens with zero attached hydrogens (tertiary/aromatic N) is 2.